The minimum Gasteiger partial charge on any atom is -0.342 e. The zero-order valence-corrected chi connectivity index (χ0v) is 16.0. The molecule has 1 aromatic rings. The van der Waals surface area contributed by atoms with Crippen LogP contribution < -0.4 is 0 Å². The van der Waals surface area contributed by atoms with Gasteiger partial charge in [-0.3, -0.25) is 14.4 Å². The standard InChI is InChI=1S/C21H29N3O3/c1-22(15-17-5-3-2-4-6-17)20(26)18-7-9-19(10-8-18)21(27)24-13-11-23(16-25)12-14-24/h2-6,16,18-19H,7-15H2,1H3. The molecule has 1 saturated carbocycles. The van der Waals surface area contributed by atoms with E-state index >= 15 is 0 Å². The first-order valence-electron chi connectivity index (χ1n) is 9.85. The van der Waals surface area contributed by atoms with Gasteiger partial charge in [-0.15, -0.1) is 0 Å². The molecule has 3 amide bonds. The highest BCUT2D eigenvalue weighted by molar-refractivity contribution is 5.81. The molecule has 2 aliphatic rings. The number of carbonyl (C=O) groups is 3. The average molecular weight is 371 g/mol. The zero-order valence-electron chi connectivity index (χ0n) is 16.0. The Bertz CT molecular complexity index is 648. The van der Waals surface area contributed by atoms with Crippen LogP contribution in [0.4, 0.5) is 0 Å². The van der Waals surface area contributed by atoms with Gasteiger partial charge in [-0.1, -0.05) is 30.3 Å². The second-order valence-corrected chi connectivity index (χ2v) is 7.70. The van der Waals surface area contributed by atoms with Gasteiger partial charge in [0.1, 0.15) is 0 Å². The number of piperazine rings is 1. The third-order valence-electron chi connectivity index (χ3n) is 5.84. The van der Waals surface area contributed by atoms with Crippen molar-refractivity contribution in [2.75, 3.05) is 33.2 Å². The Balaban J connectivity index is 1.46. The van der Waals surface area contributed by atoms with Crippen LogP contribution in [0.5, 0.6) is 0 Å². The summed E-state index contributed by atoms with van der Waals surface area (Å²) in [6.07, 6.45) is 3.97. The summed E-state index contributed by atoms with van der Waals surface area (Å²) in [4.78, 5) is 41.7. The lowest BCUT2D eigenvalue weighted by atomic mass is 9.80. The molecule has 0 unspecified atom stereocenters. The molecule has 1 aliphatic heterocycles. The number of hydrogen-bond acceptors (Lipinski definition) is 3. The molecule has 146 valence electrons. The highest BCUT2D eigenvalue weighted by Crippen LogP contribution is 2.31. The summed E-state index contributed by atoms with van der Waals surface area (Å²) < 4.78 is 0. The van der Waals surface area contributed by atoms with Crippen molar-refractivity contribution in [3.05, 3.63) is 35.9 Å². The minimum atomic E-state index is 0.0228. The molecule has 27 heavy (non-hydrogen) atoms. The van der Waals surface area contributed by atoms with Crippen molar-refractivity contribution >= 4 is 18.2 Å². The van der Waals surface area contributed by atoms with Crippen molar-refractivity contribution in [3.63, 3.8) is 0 Å². The summed E-state index contributed by atoms with van der Waals surface area (Å²) >= 11 is 0. The van der Waals surface area contributed by atoms with Crippen molar-refractivity contribution in [2.24, 2.45) is 11.8 Å². The molecule has 0 radical (unpaired) electrons. The van der Waals surface area contributed by atoms with Crippen LogP contribution in [0.1, 0.15) is 31.2 Å². The van der Waals surface area contributed by atoms with Gasteiger partial charge in [-0.25, -0.2) is 0 Å². The van der Waals surface area contributed by atoms with Crippen LogP contribution in [-0.4, -0.2) is 66.2 Å². The van der Waals surface area contributed by atoms with E-state index in [0.717, 1.165) is 37.7 Å². The number of amides is 3. The van der Waals surface area contributed by atoms with Crippen molar-refractivity contribution in [2.45, 2.75) is 32.2 Å². The molecule has 0 spiro atoms. The van der Waals surface area contributed by atoms with Crippen LogP contribution >= 0.6 is 0 Å². The maximum Gasteiger partial charge on any atom is 0.225 e. The third kappa shape index (κ3) is 4.87. The molecule has 1 aliphatic carbocycles. The van der Waals surface area contributed by atoms with E-state index in [2.05, 4.69) is 0 Å². The predicted molar refractivity (Wildman–Crippen MR) is 103 cm³/mol. The molecule has 1 aromatic carbocycles. The molecule has 1 saturated heterocycles. The normalized spacial score (nSPS) is 23.0. The quantitative estimate of drug-likeness (QED) is 0.741. The summed E-state index contributed by atoms with van der Waals surface area (Å²) in [6, 6.07) is 10.0. The van der Waals surface area contributed by atoms with E-state index in [0.29, 0.717) is 32.7 Å². The summed E-state index contributed by atoms with van der Waals surface area (Å²) in [5.41, 5.74) is 1.13. The van der Waals surface area contributed by atoms with Gasteiger partial charge in [0.2, 0.25) is 18.2 Å². The van der Waals surface area contributed by atoms with Crippen LogP contribution in [0.3, 0.4) is 0 Å². The maximum absolute atomic E-state index is 12.7. The predicted octanol–water partition coefficient (Wildman–Crippen LogP) is 1.75. The van der Waals surface area contributed by atoms with Crippen LogP contribution in [0.2, 0.25) is 0 Å². The second-order valence-electron chi connectivity index (χ2n) is 7.70. The van der Waals surface area contributed by atoms with Crippen LogP contribution in [0.25, 0.3) is 0 Å². The Labute approximate surface area is 161 Å². The fourth-order valence-electron chi connectivity index (χ4n) is 4.14. The van der Waals surface area contributed by atoms with Crippen molar-refractivity contribution in [3.8, 4) is 0 Å². The number of carbonyl (C=O) groups excluding carboxylic acids is 3. The first kappa shape index (κ1) is 19.4. The lowest BCUT2D eigenvalue weighted by molar-refractivity contribution is -0.142. The molecular weight excluding hydrogens is 342 g/mol. The Morgan fingerprint density at radius 3 is 2.19 bits per heavy atom. The van der Waals surface area contributed by atoms with E-state index in [4.69, 9.17) is 0 Å². The third-order valence-corrected chi connectivity index (χ3v) is 5.84. The fraction of sp³-hybridized carbons (Fsp3) is 0.571. The number of rotatable bonds is 5. The number of hydrogen-bond donors (Lipinski definition) is 0. The summed E-state index contributed by atoms with van der Waals surface area (Å²) in [5, 5.41) is 0. The van der Waals surface area contributed by atoms with Crippen LogP contribution in [0, 0.1) is 11.8 Å². The van der Waals surface area contributed by atoms with E-state index in [1.165, 1.54) is 0 Å². The number of benzene rings is 1. The van der Waals surface area contributed by atoms with Gasteiger partial charge >= 0.3 is 0 Å². The smallest absolute Gasteiger partial charge is 0.225 e. The van der Waals surface area contributed by atoms with E-state index in [1.807, 2.05) is 42.3 Å². The molecule has 3 rings (SSSR count). The van der Waals surface area contributed by atoms with Crippen LogP contribution in [0.15, 0.2) is 30.3 Å². The minimum absolute atomic E-state index is 0.0228. The number of nitrogens with zero attached hydrogens (tertiary/aromatic N) is 3. The molecule has 1 heterocycles. The summed E-state index contributed by atoms with van der Waals surface area (Å²) in [5.74, 6) is 0.430. The van der Waals surface area contributed by atoms with E-state index in [-0.39, 0.29) is 23.7 Å². The zero-order chi connectivity index (χ0) is 19.2. The Hall–Kier alpha value is -2.37. The Morgan fingerprint density at radius 1 is 1.00 bits per heavy atom. The lowest BCUT2D eigenvalue weighted by Gasteiger charge is -2.37. The Morgan fingerprint density at radius 2 is 1.59 bits per heavy atom. The molecular formula is C21H29N3O3. The van der Waals surface area contributed by atoms with E-state index in [1.54, 1.807) is 9.80 Å². The first-order valence-corrected chi connectivity index (χ1v) is 9.85. The van der Waals surface area contributed by atoms with Crippen molar-refractivity contribution < 1.29 is 14.4 Å². The first-order chi connectivity index (χ1) is 13.1. The largest absolute Gasteiger partial charge is 0.342 e. The average Bonchev–Trinajstić information content (AvgIpc) is 2.73. The van der Waals surface area contributed by atoms with Crippen LogP contribution in [-0.2, 0) is 20.9 Å². The molecule has 0 bridgehead atoms. The van der Waals surface area contributed by atoms with Gasteiger partial charge < -0.3 is 14.7 Å². The van der Waals surface area contributed by atoms with E-state index in [9.17, 15) is 14.4 Å². The maximum atomic E-state index is 12.7. The van der Waals surface area contributed by atoms with E-state index < -0.39 is 0 Å². The SMILES string of the molecule is CN(Cc1ccccc1)C(=O)C1CCC(C(=O)N2CCN(C=O)CC2)CC1. The van der Waals surface area contributed by atoms with Crippen molar-refractivity contribution in [1.29, 1.82) is 0 Å². The Kier molecular flexibility index (Phi) is 6.48. The summed E-state index contributed by atoms with van der Waals surface area (Å²) in [6.45, 7) is 3.10. The molecule has 0 N–H and O–H groups in total. The molecule has 6 nitrogen and oxygen atoms in total. The fourth-order valence-corrected chi connectivity index (χ4v) is 4.14. The molecule has 0 atom stereocenters. The molecule has 0 aromatic heterocycles. The highest BCUT2D eigenvalue weighted by Gasteiger charge is 2.34. The van der Waals surface area contributed by atoms with Gasteiger partial charge in [-0.05, 0) is 31.2 Å². The second kappa shape index (κ2) is 9.02. The van der Waals surface area contributed by atoms with Gasteiger partial charge in [0, 0.05) is 51.6 Å². The van der Waals surface area contributed by atoms with Gasteiger partial charge in [-0.2, -0.15) is 0 Å². The summed E-state index contributed by atoms with van der Waals surface area (Å²) in [7, 11) is 1.86. The van der Waals surface area contributed by atoms with Gasteiger partial charge in [0.15, 0.2) is 0 Å². The molecule has 6 heteroatoms. The van der Waals surface area contributed by atoms with Crippen molar-refractivity contribution in [1.82, 2.24) is 14.7 Å². The lowest BCUT2D eigenvalue weighted by Crippen LogP contribution is -2.50. The van der Waals surface area contributed by atoms with Gasteiger partial charge in [0.25, 0.3) is 0 Å². The topological polar surface area (TPSA) is 60.9 Å². The highest BCUT2D eigenvalue weighted by atomic mass is 16.2. The molecule has 2 fully saturated rings. The monoisotopic (exact) mass is 371 g/mol. The van der Waals surface area contributed by atoms with Gasteiger partial charge in [0.05, 0.1) is 0 Å².